The third kappa shape index (κ3) is 2.68. The summed E-state index contributed by atoms with van der Waals surface area (Å²) in [6.45, 7) is 2.06. The molecule has 1 aromatic rings. The second-order valence-electron chi connectivity index (χ2n) is 3.07. The van der Waals surface area contributed by atoms with Crippen LogP contribution in [-0.2, 0) is 0 Å². The highest BCUT2D eigenvalue weighted by Gasteiger charge is 2.07. The molecule has 0 bridgehead atoms. The summed E-state index contributed by atoms with van der Waals surface area (Å²) in [6, 6.07) is 4.59. The lowest BCUT2D eigenvalue weighted by atomic mass is 10.0. The Morgan fingerprint density at radius 1 is 1.54 bits per heavy atom. The highest BCUT2D eigenvalue weighted by atomic mass is 35.5. The van der Waals surface area contributed by atoms with Gasteiger partial charge in [-0.15, -0.1) is 0 Å². The second kappa shape index (κ2) is 4.58. The minimum Gasteiger partial charge on any atom is -0.324 e. The van der Waals surface area contributed by atoms with Gasteiger partial charge in [-0.25, -0.2) is 4.39 Å². The van der Waals surface area contributed by atoms with Crippen LogP contribution in [0.4, 0.5) is 4.39 Å². The second-order valence-corrected chi connectivity index (χ2v) is 3.48. The molecule has 0 aliphatic carbocycles. The summed E-state index contributed by atoms with van der Waals surface area (Å²) in [5.74, 6) is -0.394. The molecule has 0 heterocycles. The maximum atomic E-state index is 12.8. The van der Waals surface area contributed by atoms with E-state index < -0.39 is 5.82 Å². The molecule has 0 fully saturated rings. The van der Waals surface area contributed by atoms with Crippen molar-refractivity contribution >= 4 is 11.6 Å². The summed E-state index contributed by atoms with van der Waals surface area (Å²) in [4.78, 5) is 0. The topological polar surface area (TPSA) is 26.0 Å². The van der Waals surface area contributed by atoms with E-state index in [2.05, 4.69) is 6.92 Å². The van der Waals surface area contributed by atoms with Gasteiger partial charge in [0.25, 0.3) is 0 Å². The molecule has 2 N–H and O–H groups in total. The van der Waals surface area contributed by atoms with E-state index in [0.29, 0.717) is 0 Å². The van der Waals surface area contributed by atoms with Gasteiger partial charge >= 0.3 is 0 Å². The molecule has 72 valence electrons. The third-order valence-corrected chi connectivity index (χ3v) is 2.26. The fraction of sp³-hybridized carbons (Fsp3) is 0.400. The molecular weight excluding hydrogens is 189 g/mol. The summed E-state index contributed by atoms with van der Waals surface area (Å²) in [6.07, 6.45) is 1.90. The Morgan fingerprint density at radius 3 is 2.77 bits per heavy atom. The maximum absolute atomic E-state index is 12.8. The maximum Gasteiger partial charge on any atom is 0.141 e. The first-order valence-corrected chi connectivity index (χ1v) is 4.73. The normalized spacial score (nSPS) is 12.9. The van der Waals surface area contributed by atoms with Crippen molar-refractivity contribution in [2.45, 2.75) is 25.8 Å². The van der Waals surface area contributed by atoms with Crippen molar-refractivity contribution in [1.82, 2.24) is 0 Å². The molecule has 0 amide bonds. The molecule has 0 radical (unpaired) electrons. The molecular formula is C10H13ClFN. The molecule has 0 saturated carbocycles. The molecule has 0 unspecified atom stereocenters. The molecule has 13 heavy (non-hydrogen) atoms. The van der Waals surface area contributed by atoms with Gasteiger partial charge in [0.15, 0.2) is 0 Å². The minimum atomic E-state index is -0.394. The minimum absolute atomic E-state index is 0.0388. The van der Waals surface area contributed by atoms with E-state index in [1.807, 2.05) is 0 Å². The van der Waals surface area contributed by atoms with E-state index >= 15 is 0 Å². The molecule has 1 aromatic carbocycles. The van der Waals surface area contributed by atoms with Crippen molar-refractivity contribution in [1.29, 1.82) is 0 Å². The van der Waals surface area contributed by atoms with Gasteiger partial charge in [0.05, 0.1) is 5.02 Å². The van der Waals surface area contributed by atoms with Crippen LogP contribution in [0.2, 0.25) is 5.02 Å². The largest absolute Gasteiger partial charge is 0.324 e. The molecule has 0 aliphatic rings. The fourth-order valence-corrected chi connectivity index (χ4v) is 1.41. The summed E-state index contributed by atoms with van der Waals surface area (Å²) < 4.78 is 12.8. The van der Waals surface area contributed by atoms with Crippen molar-refractivity contribution in [3.05, 3.63) is 34.6 Å². The SMILES string of the molecule is CCC[C@H](N)c1ccc(F)c(Cl)c1. The number of hydrogen-bond donors (Lipinski definition) is 1. The number of halogens is 2. The molecule has 1 atom stereocenters. The van der Waals surface area contributed by atoms with E-state index in [0.717, 1.165) is 18.4 Å². The number of benzene rings is 1. The van der Waals surface area contributed by atoms with Crippen LogP contribution in [0.25, 0.3) is 0 Å². The molecule has 1 nitrogen and oxygen atoms in total. The van der Waals surface area contributed by atoms with Crippen molar-refractivity contribution in [3.63, 3.8) is 0 Å². The van der Waals surface area contributed by atoms with Crippen LogP contribution in [0.5, 0.6) is 0 Å². The summed E-state index contributed by atoms with van der Waals surface area (Å²) in [5.41, 5.74) is 6.74. The number of nitrogens with two attached hydrogens (primary N) is 1. The van der Waals surface area contributed by atoms with Crippen molar-refractivity contribution in [2.75, 3.05) is 0 Å². The Morgan fingerprint density at radius 2 is 2.23 bits per heavy atom. The Bertz CT molecular complexity index is 288. The smallest absolute Gasteiger partial charge is 0.141 e. The Balaban J connectivity index is 2.84. The van der Waals surface area contributed by atoms with Crippen LogP contribution >= 0.6 is 11.6 Å². The highest BCUT2D eigenvalue weighted by molar-refractivity contribution is 6.30. The molecule has 0 spiro atoms. The number of hydrogen-bond acceptors (Lipinski definition) is 1. The Labute approximate surface area is 82.7 Å². The average molecular weight is 202 g/mol. The third-order valence-electron chi connectivity index (χ3n) is 1.97. The average Bonchev–Trinajstić information content (AvgIpc) is 2.10. The lowest BCUT2D eigenvalue weighted by Crippen LogP contribution is -2.09. The van der Waals surface area contributed by atoms with Crippen molar-refractivity contribution < 1.29 is 4.39 Å². The van der Waals surface area contributed by atoms with Crippen LogP contribution in [0.1, 0.15) is 31.4 Å². The van der Waals surface area contributed by atoms with Gasteiger partial charge in [-0.3, -0.25) is 0 Å². The molecule has 0 aromatic heterocycles. The highest BCUT2D eigenvalue weighted by Crippen LogP contribution is 2.21. The molecule has 0 aliphatic heterocycles. The van der Waals surface area contributed by atoms with Crippen LogP contribution < -0.4 is 5.73 Å². The number of rotatable bonds is 3. The monoisotopic (exact) mass is 201 g/mol. The van der Waals surface area contributed by atoms with Gasteiger partial charge in [0, 0.05) is 6.04 Å². The summed E-state index contributed by atoms with van der Waals surface area (Å²) in [5, 5.41) is 0.143. The molecule has 0 saturated heterocycles. The van der Waals surface area contributed by atoms with Gasteiger partial charge in [0.2, 0.25) is 0 Å². The van der Waals surface area contributed by atoms with Gasteiger partial charge in [0.1, 0.15) is 5.82 Å². The van der Waals surface area contributed by atoms with Crippen LogP contribution in [0.15, 0.2) is 18.2 Å². The van der Waals surface area contributed by atoms with E-state index in [1.54, 1.807) is 12.1 Å². The van der Waals surface area contributed by atoms with E-state index in [1.165, 1.54) is 6.07 Å². The van der Waals surface area contributed by atoms with E-state index in [4.69, 9.17) is 17.3 Å². The first-order valence-electron chi connectivity index (χ1n) is 4.35. The predicted molar refractivity (Wildman–Crippen MR) is 53.2 cm³/mol. The van der Waals surface area contributed by atoms with Crippen molar-refractivity contribution in [3.8, 4) is 0 Å². The van der Waals surface area contributed by atoms with Crippen LogP contribution in [0, 0.1) is 5.82 Å². The first kappa shape index (κ1) is 10.5. The van der Waals surface area contributed by atoms with E-state index in [-0.39, 0.29) is 11.1 Å². The zero-order valence-corrected chi connectivity index (χ0v) is 8.31. The Hall–Kier alpha value is -0.600. The summed E-state index contributed by atoms with van der Waals surface area (Å²) >= 11 is 5.63. The van der Waals surface area contributed by atoms with Gasteiger partial charge in [-0.2, -0.15) is 0 Å². The lowest BCUT2D eigenvalue weighted by molar-refractivity contribution is 0.616. The Kier molecular flexibility index (Phi) is 3.70. The lowest BCUT2D eigenvalue weighted by Gasteiger charge is -2.10. The fourth-order valence-electron chi connectivity index (χ4n) is 1.22. The molecule has 3 heteroatoms. The van der Waals surface area contributed by atoms with Crippen molar-refractivity contribution in [2.24, 2.45) is 5.73 Å². The van der Waals surface area contributed by atoms with Crippen LogP contribution in [0.3, 0.4) is 0 Å². The zero-order valence-electron chi connectivity index (χ0n) is 7.56. The van der Waals surface area contributed by atoms with Gasteiger partial charge in [-0.1, -0.05) is 31.0 Å². The standard InChI is InChI=1S/C10H13ClFN/c1-2-3-10(13)7-4-5-9(12)8(11)6-7/h4-6,10H,2-3,13H2,1H3/t10-/m0/s1. The predicted octanol–water partition coefficient (Wildman–Crippen LogP) is 3.28. The first-order chi connectivity index (χ1) is 6.15. The zero-order chi connectivity index (χ0) is 9.84. The van der Waals surface area contributed by atoms with Gasteiger partial charge < -0.3 is 5.73 Å². The molecule has 1 rings (SSSR count). The van der Waals surface area contributed by atoms with Crippen LogP contribution in [-0.4, -0.2) is 0 Å². The summed E-state index contributed by atoms with van der Waals surface area (Å²) in [7, 11) is 0. The van der Waals surface area contributed by atoms with Gasteiger partial charge in [-0.05, 0) is 24.1 Å². The quantitative estimate of drug-likeness (QED) is 0.798. The van der Waals surface area contributed by atoms with E-state index in [9.17, 15) is 4.39 Å².